The Morgan fingerprint density at radius 1 is 0.540 bits per heavy atom. The maximum atomic E-state index is 6.40. The van der Waals surface area contributed by atoms with Crippen molar-refractivity contribution in [1.29, 1.82) is 0 Å². The van der Waals surface area contributed by atoms with Crippen molar-refractivity contribution >= 4 is 61.4 Å². The maximum Gasteiger partial charge on any atom is 0.0541 e. The summed E-state index contributed by atoms with van der Waals surface area (Å²) >= 11 is 0. The largest absolute Gasteiger partial charge is 0.398 e. The van der Waals surface area contributed by atoms with E-state index in [1.54, 1.807) is 0 Å². The van der Waals surface area contributed by atoms with Gasteiger partial charge in [0.25, 0.3) is 0 Å². The molecule has 0 unspecified atom stereocenters. The number of anilines is 7. The second-order valence-corrected chi connectivity index (χ2v) is 12.5. The summed E-state index contributed by atoms with van der Waals surface area (Å²) in [6, 6.07) is 50.9. The van der Waals surface area contributed by atoms with Crippen LogP contribution in [0, 0.1) is 6.92 Å². The minimum atomic E-state index is 0.764. The SMILES string of the molecule is C=C/C(C)=C\C=C\N(c1ccc(-c2ccc(N(c3ccc(C)cc3)c3ccc(N)c4ccccc34)cc2)cc1)c1ccc(N)c2ccccc12. The molecule has 7 aromatic carbocycles. The summed E-state index contributed by atoms with van der Waals surface area (Å²) in [5, 5.41) is 4.27. The first-order valence-corrected chi connectivity index (χ1v) is 16.8. The molecule has 244 valence electrons. The zero-order chi connectivity index (χ0) is 34.6. The predicted octanol–water partition coefficient (Wildman–Crippen LogP) is 12.4. The van der Waals surface area contributed by atoms with Crippen molar-refractivity contribution < 1.29 is 0 Å². The summed E-state index contributed by atoms with van der Waals surface area (Å²) in [5.41, 5.74) is 24.2. The lowest BCUT2D eigenvalue weighted by Gasteiger charge is -2.27. The van der Waals surface area contributed by atoms with Crippen LogP contribution in [-0.4, -0.2) is 0 Å². The van der Waals surface area contributed by atoms with Gasteiger partial charge >= 0.3 is 0 Å². The third-order valence-electron chi connectivity index (χ3n) is 9.18. The number of rotatable bonds is 9. The molecular weight excluding hydrogens is 609 g/mol. The monoisotopic (exact) mass is 648 g/mol. The topological polar surface area (TPSA) is 58.5 Å². The summed E-state index contributed by atoms with van der Waals surface area (Å²) in [5.74, 6) is 0. The van der Waals surface area contributed by atoms with Crippen molar-refractivity contribution in [2.24, 2.45) is 0 Å². The molecule has 50 heavy (non-hydrogen) atoms. The van der Waals surface area contributed by atoms with E-state index >= 15 is 0 Å². The van der Waals surface area contributed by atoms with Gasteiger partial charge in [-0.1, -0.05) is 115 Å². The molecule has 0 fully saturated rings. The quantitative estimate of drug-likeness (QED) is 0.121. The van der Waals surface area contributed by atoms with Crippen LogP contribution in [0.25, 0.3) is 32.7 Å². The minimum Gasteiger partial charge on any atom is -0.398 e. The van der Waals surface area contributed by atoms with Gasteiger partial charge in [-0.15, -0.1) is 0 Å². The van der Waals surface area contributed by atoms with Crippen LogP contribution >= 0.6 is 0 Å². The summed E-state index contributed by atoms with van der Waals surface area (Å²) < 4.78 is 0. The normalized spacial score (nSPS) is 11.7. The minimum absolute atomic E-state index is 0.764. The van der Waals surface area contributed by atoms with Crippen molar-refractivity contribution in [3.63, 3.8) is 0 Å². The molecule has 4 heteroatoms. The molecule has 0 atom stereocenters. The third kappa shape index (κ3) is 6.35. The maximum absolute atomic E-state index is 6.40. The molecule has 0 spiro atoms. The van der Waals surface area contributed by atoms with Crippen molar-refractivity contribution in [1.82, 2.24) is 0 Å². The lowest BCUT2D eigenvalue weighted by Crippen LogP contribution is -2.11. The summed E-state index contributed by atoms with van der Waals surface area (Å²) in [6.07, 6.45) is 8.06. The van der Waals surface area contributed by atoms with E-state index in [1.165, 1.54) is 5.56 Å². The zero-order valence-electron chi connectivity index (χ0n) is 28.4. The van der Waals surface area contributed by atoms with Crippen molar-refractivity contribution in [3.05, 3.63) is 188 Å². The van der Waals surface area contributed by atoms with Gasteiger partial charge in [-0.3, -0.25) is 0 Å². The molecule has 4 nitrogen and oxygen atoms in total. The highest BCUT2D eigenvalue weighted by atomic mass is 15.1. The van der Waals surface area contributed by atoms with Crippen LogP contribution in [0.2, 0.25) is 0 Å². The predicted molar refractivity (Wildman–Crippen MR) is 217 cm³/mol. The molecule has 0 radical (unpaired) electrons. The Morgan fingerprint density at radius 2 is 1.00 bits per heavy atom. The third-order valence-corrected chi connectivity index (χ3v) is 9.18. The van der Waals surface area contributed by atoms with Crippen LogP contribution in [-0.2, 0) is 0 Å². The van der Waals surface area contributed by atoms with Gasteiger partial charge in [0, 0.05) is 56.2 Å². The molecule has 0 saturated heterocycles. The fourth-order valence-corrected chi connectivity index (χ4v) is 6.41. The standard InChI is InChI=1S/C46H40N4/c1-4-32(2)10-9-31-49(45-29-27-43(47)39-11-5-7-13-41(39)45)36-23-17-34(18-24-36)35-19-25-38(26-20-35)50(37-21-15-33(3)16-22-37)46-30-28-44(48)40-12-6-8-14-42(40)46/h4-31H,1,47-48H2,2-3H3/b31-9+,32-10-. The highest BCUT2D eigenvalue weighted by Gasteiger charge is 2.17. The highest BCUT2D eigenvalue weighted by Crippen LogP contribution is 2.41. The number of benzene rings is 7. The van der Waals surface area contributed by atoms with Gasteiger partial charge in [0.15, 0.2) is 0 Å². The molecular formula is C46H40N4. The number of nitrogens with zero attached hydrogens (tertiary/aromatic N) is 2. The molecule has 0 amide bonds. The molecule has 0 aromatic heterocycles. The first-order chi connectivity index (χ1) is 24.4. The number of hydrogen-bond donors (Lipinski definition) is 2. The fourth-order valence-electron chi connectivity index (χ4n) is 6.41. The van der Waals surface area contributed by atoms with E-state index < -0.39 is 0 Å². The molecule has 0 aliphatic heterocycles. The summed E-state index contributed by atoms with van der Waals surface area (Å²) in [4.78, 5) is 4.51. The Labute approximate surface area is 294 Å². The average molecular weight is 649 g/mol. The number of nitrogens with two attached hydrogens (primary N) is 2. The van der Waals surface area contributed by atoms with E-state index in [0.717, 1.165) is 78.1 Å². The van der Waals surface area contributed by atoms with Crippen LogP contribution in [0.3, 0.4) is 0 Å². The second-order valence-electron chi connectivity index (χ2n) is 12.5. The molecule has 7 aromatic rings. The van der Waals surface area contributed by atoms with E-state index in [-0.39, 0.29) is 0 Å². The Morgan fingerprint density at radius 3 is 1.54 bits per heavy atom. The Bertz CT molecular complexity index is 2370. The number of fused-ring (bicyclic) bond motifs is 2. The molecule has 4 N–H and O–H groups in total. The number of nitrogen functional groups attached to an aromatic ring is 2. The lowest BCUT2D eigenvalue weighted by atomic mass is 10.0. The number of hydrogen-bond acceptors (Lipinski definition) is 4. The highest BCUT2D eigenvalue weighted by molar-refractivity contribution is 6.05. The fraction of sp³-hybridized carbons (Fsp3) is 0.0435. The number of allylic oxidation sites excluding steroid dienone is 4. The van der Waals surface area contributed by atoms with Crippen molar-refractivity contribution in [2.75, 3.05) is 21.3 Å². The Balaban J connectivity index is 1.25. The zero-order valence-corrected chi connectivity index (χ0v) is 28.4. The summed E-state index contributed by atoms with van der Waals surface area (Å²) in [6.45, 7) is 8.04. The molecule has 0 aliphatic carbocycles. The van der Waals surface area contributed by atoms with Crippen LogP contribution in [0.15, 0.2) is 182 Å². The molecule has 7 rings (SSSR count). The van der Waals surface area contributed by atoms with Gasteiger partial charge in [0.2, 0.25) is 0 Å². The van der Waals surface area contributed by atoms with Crippen molar-refractivity contribution in [3.8, 4) is 11.1 Å². The van der Waals surface area contributed by atoms with Gasteiger partial charge in [-0.2, -0.15) is 0 Å². The smallest absolute Gasteiger partial charge is 0.0541 e. The van der Waals surface area contributed by atoms with E-state index in [4.69, 9.17) is 11.5 Å². The number of aryl methyl sites for hydroxylation is 1. The molecule has 0 bridgehead atoms. The molecule has 0 heterocycles. The van der Waals surface area contributed by atoms with Gasteiger partial charge in [-0.05, 0) is 91.7 Å². The lowest BCUT2D eigenvalue weighted by molar-refractivity contribution is 1.29. The first kappa shape index (κ1) is 32.0. The van der Waals surface area contributed by atoms with E-state index in [0.29, 0.717) is 0 Å². The van der Waals surface area contributed by atoms with Crippen LogP contribution in [0.5, 0.6) is 0 Å². The van der Waals surface area contributed by atoms with Crippen LogP contribution in [0.1, 0.15) is 12.5 Å². The Kier molecular flexibility index (Phi) is 8.92. The Hall–Kier alpha value is -6.52. The molecule has 0 aliphatic rings. The van der Waals surface area contributed by atoms with Gasteiger partial charge in [0.05, 0.1) is 11.4 Å². The van der Waals surface area contributed by atoms with E-state index in [9.17, 15) is 0 Å². The van der Waals surface area contributed by atoms with Crippen molar-refractivity contribution in [2.45, 2.75) is 13.8 Å². The van der Waals surface area contributed by atoms with E-state index in [1.807, 2.05) is 37.3 Å². The van der Waals surface area contributed by atoms with Crippen LogP contribution < -0.4 is 21.3 Å². The van der Waals surface area contributed by atoms with Gasteiger partial charge in [0.1, 0.15) is 0 Å². The van der Waals surface area contributed by atoms with E-state index in [2.05, 4.69) is 163 Å². The first-order valence-electron chi connectivity index (χ1n) is 16.8. The van der Waals surface area contributed by atoms with Crippen LogP contribution in [0.4, 0.5) is 39.8 Å². The summed E-state index contributed by atoms with van der Waals surface area (Å²) in [7, 11) is 0. The van der Waals surface area contributed by atoms with Gasteiger partial charge in [-0.25, -0.2) is 0 Å². The second kappa shape index (κ2) is 13.9. The van der Waals surface area contributed by atoms with Gasteiger partial charge < -0.3 is 21.3 Å². The average Bonchev–Trinajstić information content (AvgIpc) is 3.16. The molecule has 0 saturated carbocycles.